The van der Waals surface area contributed by atoms with Gasteiger partial charge in [0, 0.05) is 88.8 Å². The first-order chi connectivity index (χ1) is 0. The monoisotopic (exact) mass is 425 g/mol. The van der Waals surface area contributed by atoms with Crippen LogP contribution in [0.2, 0.25) is 0 Å². The Balaban J connectivity index is 0. The van der Waals surface area contributed by atoms with Gasteiger partial charge in [0.2, 0.25) is 0 Å². The predicted octanol–water partition coefficient (Wildman–Crippen LogP) is 0.624. The van der Waals surface area contributed by atoms with E-state index in [4.69, 9.17) is 0 Å². The molecule has 0 aliphatic carbocycles. The Morgan fingerprint density at radius 3 is 1.00 bits per heavy atom. The summed E-state index contributed by atoms with van der Waals surface area (Å²) in [6.07, 6.45) is 0. The van der Waals surface area contributed by atoms with Gasteiger partial charge in [0.15, 0.2) is 0 Å². The Morgan fingerprint density at radius 1 is 1.00 bits per heavy atom. The van der Waals surface area contributed by atoms with Crippen molar-refractivity contribution in [2.75, 3.05) is 0 Å². The fourth-order valence-electron chi connectivity index (χ4n) is 0. The second-order valence-electron chi connectivity index (χ2n) is 0. The standard InChI is InChI=1S/CH4.Co.Cr.Fe.Ni.W/h1H4;;;;;. The topological polar surface area (TPSA) is 0 Å². The molecule has 1 radical (unpaired) electrons. The van der Waals surface area contributed by atoms with Crippen molar-refractivity contribution in [3.8, 4) is 0 Å². The van der Waals surface area contributed by atoms with Crippen LogP contribution in [0.4, 0.5) is 0 Å². The van der Waals surface area contributed by atoms with Crippen molar-refractivity contribution in [2.45, 2.75) is 7.43 Å². The van der Waals surface area contributed by atoms with Gasteiger partial charge in [0.1, 0.15) is 0 Å². The smallest absolute Gasteiger partial charge is 0 e. The van der Waals surface area contributed by atoms with Gasteiger partial charge in [-0.15, -0.1) is 0 Å². The third-order valence-corrected chi connectivity index (χ3v) is 0. The predicted molar refractivity (Wildman–Crippen MR) is 6.73 cm³/mol. The fraction of sp³-hybridized carbons (Fsp3) is 1.00. The van der Waals surface area contributed by atoms with Crippen LogP contribution in [0.3, 0.4) is 0 Å². The van der Waals surface area contributed by atoms with Crippen molar-refractivity contribution in [2.24, 2.45) is 0 Å². The van der Waals surface area contributed by atoms with Crippen LogP contribution in [0.25, 0.3) is 0 Å². The third-order valence-electron chi connectivity index (χ3n) is 0. The molecule has 0 rings (SSSR count). The average Bonchev–Trinajstić information content (AvgIpc) is 0. The van der Waals surface area contributed by atoms with Gasteiger partial charge in [-0.1, -0.05) is 7.43 Å². The van der Waals surface area contributed by atoms with E-state index in [9.17, 15) is 0 Å². The van der Waals surface area contributed by atoms with E-state index < -0.39 is 0 Å². The summed E-state index contributed by atoms with van der Waals surface area (Å²) in [5.74, 6) is 0. The molecule has 0 saturated heterocycles. The minimum atomic E-state index is 0. The van der Waals surface area contributed by atoms with Crippen LogP contribution in [0.1, 0.15) is 7.43 Å². The largest absolute Gasteiger partial charge is 0.0776 e. The summed E-state index contributed by atoms with van der Waals surface area (Å²) >= 11 is 0. The van der Waals surface area contributed by atoms with Crippen LogP contribution in [-0.4, -0.2) is 0 Å². The molecular weight excluding hydrogens is 421 g/mol. The maximum Gasteiger partial charge on any atom is 0 e. The van der Waals surface area contributed by atoms with Gasteiger partial charge in [-0.2, -0.15) is 0 Å². The van der Waals surface area contributed by atoms with Crippen LogP contribution in [0.5, 0.6) is 0 Å². The zero-order valence-corrected chi connectivity index (χ0v) is 9.16. The second-order valence-corrected chi connectivity index (χ2v) is 0. The molecule has 0 saturated carbocycles. The summed E-state index contributed by atoms with van der Waals surface area (Å²) < 4.78 is 0. The van der Waals surface area contributed by atoms with E-state index >= 15 is 0 Å². The molecule has 47 valence electrons. The molecule has 5 heteroatoms. The van der Waals surface area contributed by atoms with Crippen molar-refractivity contribution in [1.29, 1.82) is 0 Å². The fourth-order valence-corrected chi connectivity index (χ4v) is 0. The molecule has 0 atom stereocenters. The third kappa shape index (κ3) is 29.6. The van der Waals surface area contributed by atoms with Crippen molar-refractivity contribution < 1.29 is 88.8 Å². The van der Waals surface area contributed by atoms with E-state index in [-0.39, 0.29) is 96.2 Å². The minimum absolute atomic E-state index is 0. The van der Waals surface area contributed by atoms with Gasteiger partial charge in [0.25, 0.3) is 0 Å². The first-order valence-corrected chi connectivity index (χ1v) is 0. The normalized spacial score (nSPS) is 0. The van der Waals surface area contributed by atoms with E-state index in [0.717, 1.165) is 0 Å². The minimum Gasteiger partial charge on any atom is -0.0776 e. The molecule has 0 aromatic carbocycles. The zero-order valence-electron chi connectivity index (χ0n) is 1.82. The van der Waals surface area contributed by atoms with E-state index in [1.165, 1.54) is 0 Å². The van der Waals surface area contributed by atoms with Crippen LogP contribution in [0, 0.1) is 0 Å². The molecule has 0 aliphatic rings. The quantitative estimate of drug-likeness (QED) is 0.500. The summed E-state index contributed by atoms with van der Waals surface area (Å²) in [5, 5.41) is 0. The molecule has 0 aromatic heterocycles. The van der Waals surface area contributed by atoms with Gasteiger partial charge in [-0.05, 0) is 0 Å². The van der Waals surface area contributed by atoms with Gasteiger partial charge < -0.3 is 0 Å². The van der Waals surface area contributed by atoms with Crippen molar-refractivity contribution >= 4 is 0 Å². The molecule has 0 nitrogen and oxygen atoms in total. The maximum absolute atomic E-state index is 0. The molecule has 6 heavy (non-hydrogen) atoms. The molecule has 0 amide bonds. The SMILES string of the molecule is C.[Co].[Cr].[Fe].[Ni].[W]. The van der Waals surface area contributed by atoms with Crippen molar-refractivity contribution in [1.82, 2.24) is 0 Å². The Labute approximate surface area is 95.0 Å². The number of rotatable bonds is 0. The van der Waals surface area contributed by atoms with Crippen LogP contribution < -0.4 is 0 Å². The first kappa shape index (κ1) is 69.7. The summed E-state index contributed by atoms with van der Waals surface area (Å²) in [6, 6.07) is 0. The molecule has 0 N–H and O–H groups in total. The van der Waals surface area contributed by atoms with Crippen LogP contribution in [-0.2, 0) is 88.8 Å². The Hall–Kier alpha value is 2.74. The first-order valence-electron chi connectivity index (χ1n) is 0. The molecule has 0 aliphatic heterocycles. The summed E-state index contributed by atoms with van der Waals surface area (Å²) in [6.45, 7) is 0. The van der Waals surface area contributed by atoms with Crippen molar-refractivity contribution in [3.63, 3.8) is 0 Å². The molecule has 0 bridgehead atoms. The van der Waals surface area contributed by atoms with E-state index in [1.807, 2.05) is 0 Å². The molecule has 0 fully saturated rings. The molecule has 0 heterocycles. The average molecular weight is 425 g/mol. The Bertz CT molecular complexity index is 15.5. The second kappa shape index (κ2) is 46.8. The molecule has 0 spiro atoms. The van der Waals surface area contributed by atoms with Crippen LogP contribution >= 0.6 is 0 Å². The van der Waals surface area contributed by atoms with Gasteiger partial charge in [-0.3, -0.25) is 0 Å². The van der Waals surface area contributed by atoms with E-state index in [0.29, 0.717) is 0 Å². The Morgan fingerprint density at radius 2 is 1.00 bits per heavy atom. The van der Waals surface area contributed by atoms with Crippen molar-refractivity contribution in [3.05, 3.63) is 0 Å². The van der Waals surface area contributed by atoms with Gasteiger partial charge >= 0.3 is 0 Å². The van der Waals surface area contributed by atoms with Crippen LogP contribution in [0.15, 0.2) is 0 Å². The summed E-state index contributed by atoms with van der Waals surface area (Å²) in [7, 11) is 0. The molecule has 0 unspecified atom stereocenters. The summed E-state index contributed by atoms with van der Waals surface area (Å²) in [5.41, 5.74) is 0. The van der Waals surface area contributed by atoms with Gasteiger partial charge in [-0.25, -0.2) is 0 Å². The van der Waals surface area contributed by atoms with Gasteiger partial charge in [0.05, 0.1) is 0 Å². The zero-order chi connectivity index (χ0) is 0. The molecular formula is CH4CoCrFeNiW. The Kier molecular flexibility index (Phi) is 544. The van der Waals surface area contributed by atoms with E-state index in [1.54, 1.807) is 0 Å². The molecule has 0 aromatic rings. The van der Waals surface area contributed by atoms with E-state index in [2.05, 4.69) is 0 Å². The number of hydrogen-bond donors (Lipinski definition) is 0. The summed E-state index contributed by atoms with van der Waals surface area (Å²) in [4.78, 5) is 0. The maximum atomic E-state index is 0. The number of hydrogen-bond acceptors (Lipinski definition) is 0.